The Kier molecular flexibility index (Phi) is 3.77. The molecule has 1 saturated carbocycles. The monoisotopic (exact) mass is 326 g/mol. The summed E-state index contributed by atoms with van der Waals surface area (Å²) in [5.74, 6) is 0.906. The Morgan fingerprint density at radius 1 is 1.50 bits per heavy atom. The molecule has 18 heavy (non-hydrogen) atoms. The standard InChI is InChI=1S/C12H15BrN4S/c13-10-3-12(18-8-10)7-17-6-11(15-16-17)5-14-4-9-1-2-9/h3,6,8-9,14H,1-2,4-5,7H2. The molecule has 1 fully saturated rings. The van der Waals surface area contributed by atoms with Crippen LogP contribution in [0.4, 0.5) is 0 Å². The summed E-state index contributed by atoms with van der Waals surface area (Å²) in [4.78, 5) is 1.28. The minimum Gasteiger partial charge on any atom is -0.311 e. The molecule has 0 aromatic carbocycles. The van der Waals surface area contributed by atoms with E-state index in [-0.39, 0.29) is 0 Å². The highest BCUT2D eigenvalue weighted by Crippen LogP contribution is 2.27. The van der Waals surface area contributed by atoms with Gasteiger partial charge in [0, 0.05) is 21.3 Å². The Labute approximate surface area is 119 Å². The van der Waals surface area contributed by atoms with Gasteiger partial charge in [-0.05, 0) is 47.3 Å². The molecule has 6 heteroatoms. The van der Waals surface area contributed by atoms with Gasteiger partial charge in [-0.3, -0.25) is 0 Å². The van der Waals surface area contributed by atoms with Crippen LogP contribution in [0, 0.1) is 5.92 Å². The van der Waals surface area contributed by atoms with Crippen LogP contribution in [0.15, 0.2) is 22.1 Å². The van der Waals surface area contributed by atoms with Crippen molar-refractivity contribution in [1.29, 1.82) is 0 Å². The van der Waals surface area contributed by atoms with Crippen LogP contribution < -0.4 is 5.32 Å². The van der Waals surface area contributed by atoms with Crippen molar-refractivity contribution >= 4 is 27.3 Å². The average molecular weight is 327 g/mol. The van der Waals surface area contributed by atoms with Crippen LogP contribution in [0.1, 0.15) is 23.4 Å². The van der Waals surface area contributed by atoms with Crippen LogP contribution in [0.2, 0.25) is 0 Å². The smallest absolute Gasteiger partial charge is 0.0964 e. The molecule has 0 saturated heterocycles. The maximum Gasteiger partial charge on any atom is 0.0964 e. The van der Waals surface area contributed by atoms with Gasteiger partial charge in [0.05, 0.1) is 18.4 Å². The summed E-state index contributed by atoms with van der Waals surface area (Å²) in [6.45, 7) is 2.74. The van der Waals surface area contributed by atoms with Crippen LogP contribution in [-0.2, 0) is 13.1 Å². The summed E-state index contributed by atoms with van der Waals surface area (Å²) in [7, 11) is 0. The maximum absolute atomic E-state index is 4.18. The topological polar surface area (TPSA) is 42.7 Å². The van der Waals surface area contributed by atoms with E-state index in [4.69, 9.17) is 0 Å². The molecule has 96 valence electrons. The molecule has 0 atom stereocenters. The highest BCUT2D eigenvalue weighted by Gasteiger charge is 2.20. The van der Waals surface area contributed by atoms with E-state index >= 15 is 0 Å². The number of nitrogens with one attached hydrogen (secondary N) is 1. The molecule has 0 spiro atoms. The first-order valence-electron chi connectivity index (χ1n) is 6.12. The van der Waals surface area contributed by atoms with Crippen molar-refractivity contribution in [2.45, 2.75) is 25.9 Å². The number of aromatic nitrogens is 3. The third-order valence-corrected chi connectivity index (χ3v) is 4.64. The predicted octanol–water partition coefficient (Wildman–Crippen LogP) is 2.65. The first kappa shape index (κ1) is 12.3. The van der Waals surface area contributed by atoms with Gasteiger partial charge in [0.1, 0.15) is 0 Å². The lowest BCUT2D eigenvalue weighted by Crippen LogP contribution is -2.16. The summed E-state index contributed by atoms with van der Waals surface area (Å²) >= 11 is 5.19. The van der Waals surface area contributed by atoms with Gasteiger partial charge in [-0.2, -0.15) is 0 Å². The van der Waals surface area contributed by atoms with Gasteiger partial charge < -0.3 is 5.32 Å². The van der Waals surface area contributed by atoms with Crippen molar-refractivity contribution in [3.05, 3.63) is 32.7 Å². The summed E-state index contributed by atoms with van der Waals surface area (Å²) < 4.78 is 3.03. The van der Waals surface area contributed by atoms with E-state index in [9.17, 15) is 0 Å². The van der Waals surface area contributed by atoms with Gasteiger partial charge in [-0.1, -0.05) is 5.21 Å². The van der Waals surface area contributed by atoms with Crippen molar-refractivity contribution in [3.8, 4) is 0 Å². The Morgan fingerprint density at radius 2 is 2.39 bits per heavy atom. The fourth-order valence-electron chi connectivity index (χ4n) is 1.82. The molecule has 3 rings (SSSR count). The zero-order valence-corrected chi connectivity index (χ0v) is 12.4. The summed E-state index contributed by atoms with van der Waals surface area (Å²) in [5.41, 5.74) is 1.02. The zero-order chi connectivity index (χ0) is 12.4. The molecule has 0 aliphatic heterocycles. The normalized spacial score (nSPS) is 15.2. The lowest BCUT2D eigenvalue weighted by Gasteiger charge is -1.98. The van der Waals surface area contributed by atoms with Gasteiger partial charge in [0.2, 0.25) is 0 Å². The van der Waals surface area contributed by atoms with E-state index in [1.165, 1.54) is 17.7 Å². The van der Waals surface area contributed by atoms with Crippen LogP contribution in [-0.4, -0.2) is 21.5 Å². The molecule has 0 bridgehead atoms. The SMILES string of the molecule is Brc1csc(Cn2cc(CNCC3CC3)nn2)c1. The highest BCUT2D eigenvalue weighted by atomic mass is 79.9. The highest BCUT2D eigenvalue weighted by molar-refractivity contribution is 9.10. The van der Waals surface area contributed by atoms with E-state index in [0.717, 1.165) is 35.7 Å². The second kappa shape index (κ2) is 5.50. The lowest BCUT2D eigenvalue weighted by atomic mass is 10.4. The zero-order valence-electron chi connectivity index (χ0n) is 9.97. The number of halogens is 1. The Hall–Kier alpha value is -0.720. The minimum atomic E-state index is 0.798. The minimum absolute atomic E-state index is 0.798. The lowest BCUT2D eigenvalue weighted by molar-refractivity contribution is 0.627. The van der Waals surface area contributed by atoms with E-state index < -0.39 is 0 Å². The van der Waals surface area contributed by atoms with Gasteiger partial charge in [0.15, 0.2) is 0 Å². The second-order valence-corrected chi connectivity index (χ2v) is 6.62. The Balaban J connectivity index is 1.52. The first-order chi connectivity index (χ1) is 8.79. The largest absolute Gasteiger partial charge is 0.311 e. The maximum atomic E-state index is 4.18. The molecule has 0 unspecified atom stereocenters. The quantitative estimate of drug-likeness (QED) is 0.887. The summed E-state index contributed by atoms with van der Waals surface area (Å²) in [6, 6.07) is 2.12. The predicted molar refractivity (Wildman–Crippen MR) is 75.6 cm³/mol. The number of hydrogen-bond acceptors (Lipinski definition) is 4. The Bertz CT molecular complexity index is 518. The summed E-state index contributed by atoms with van der Waals surface area (Å²) in [6.07, 6.45) is 4.79. The van der Waals surface area contributed by atoms with E-state index in [1.54, 1.807) is 11.3 Å². The molecular formula is C12H15BrN4S. The molecule has 1 aliphatic carbocycles. The van der Waals surface area contributed by atoms with Crippen molar-refractivity contribution in [3.63, 3.8) is 0 Å². The molecule has 1 aliphatic rings. The molecule has 1 N–H and O–H groups in total. The van der Waals surface area contributed by atoms with Gasteiger partial charge in [0.25, 0.3) is 0 Å². The molecular weight excluding hydrogens is 312 g/mol. The van der Waals surface area contributed by atoms with Crippen LogP contribution >= 0.6 is 27.3 Å². The van der Waals surface area contributed by atoms with Gasteiger partial charge in [-0.25, -0.2) is 4.68 Å². The van der Waals surface area contributed by atoms with E-state index in [2.05, 4.69) is 43.0 Å². The van der Waals surface area contributed by atoms with Crippen LogP contribution in [0.25, 0.3) is 0 Å². The van der Waals surface area contributed by atoms with Crippen LogP contribution in [0.3, 0.4) is 0 Å². The number of thiophene rings is 1. The molecule has 2 aromatic rings. The van der Waals surface area contributed by atoms with Crippen LogP contribution in [0.5, 0.6) is 0 Å². The van der Waals surface area contributed by atoms with Crippen molar-refractivity contribution in [2.24, 2.45) is 5.92 Å². The van der Waals surface area contributed by atoms with E-state index in [1.807, 2.05) is 10.9 Å². The third kappa shape index (κ3) is 3.40. The number of rotatable bonds is 6. The van der Waals surface area contributed by atoms with Crippen molar-refractivity contribution in [1.82, 2.24) is 20.3 Å². The average Bonchev–Trinajstić information content (AvgIpc) is 2.92. The Morgan fingerprint density at radius 3 is 3.11 bits per heavy atom. The van der Waals surface area contributed by atoms with Crippen molar-refractivity contribution < 1.29 is 0 Å². The molecule has 0 amide bonds. The van der Waals surface area contributed by atoms with E-state index in [0.29, 0.717) is 0 Å². The third-order valence-electron chi connectivity index (χ3n) is 2.96. The fraction of sp³-hybridized carbons (Fsp3) is 0.500. The first-order valence-corrected chi connectivity index (χ1v) is 7.79. The molecule has 0 radical (unpaired) electrons. The molecule has 4 nitrogen and oxygen atoms in total. The second-order valence-electron chi connectivity index (χ2n) is 4.71. The number of hydrogen-bond donors (Lipinski definition) is 1. The molecule has 2 aromatic heterocycles. The van der Waals surface area contributed by atoms with Gasteiger partial charge in [-0.15, -0.1) is 16.4 Å². The summed E-state index contributed by atoms with van der Waals surface area (Å²) in [5, 5.41) is 13.8. The fourth-order valence-corrected chi connectivity index (χ4v) is 3.26. The van der Waals surface area contributed by atoms with Crippen molar-refractivity contribution in [2.75, 3.05) is 6.54 Å². The molecule has 2 heterocycles. The number of nitrogens with zero attached hydrogens (tertiary/aromatic N) is 3. The van der Waals surface area contributed by atoms with Gasteiger partial charge >= 0.3 is 0 Å².